The highest BCUT2D eigenvalue weighted by Gasteiger charge is 2.33. The van der Waals surface area contributed by atoms with Crippen molar-refractivity contribution in [2.45, 2.75) is 38.1 Å². The first-order chi connectivity index (χ1) is 19.3. The van der Waals surface area contributed by atoms with Gasteiger partial charge in [0.15, 0.2) is 5.52 Å². The summed E-state index contributed by atoms with van der Waals surface area (Å²) >= 11 is 6.58. The Balaban J connectivity index is 0.00000202. The summed E-state index contributed by atoms with van der Waals surface area (Å²) < 4.78 is 4.94. The third kappa shape index (κ3) is 6.24. The van der Waals surface area contributed by atoms with Gasteiger partial charge in [-0.15, -0.1) is 24.8 Å². The summed E-state index contributed by atoms with van der Waals surface area (Å²) in [4.78, 5) is 20.3. The van der Waals surface area contributed by atoms with Crippen molar-refractivity contribution >= 4 is 47.4 Å². The van der Waals surface area contributed by atoms with Crippen LogP contribution >= 0.6 is 36.4 Å². The van der Waals surface area contributed by atoms with Crippen molar-refractivity contribution < 1.29 is 5.11 Å². The molecule has 2 aromatic carbocycles. The van der Waals surface area contributed by atoms with E-state index in [-0.39, 0.29) is 42.4 Å². The van der Waals surface area contributed by atoms with Crippen LogP contribution in [0.1, 0.15) is 24.0 Å². The topological polar surface area (TPSA) is 120 Å². The summed E-state index contributed by atoms with van der Waals surface area (Å²) in [7, 11) is 1.80. The number of hydrogen-bond donors (Lipinski definition) is 2. The lowest BCUT2D eigenvalue weighted by molar-refractivity contribution is -0.0364. The average molecular weight is 632 g/mol. The molecule has 0 unspecified atom stereocenters. The number of aliphatic hydroxyl groups is 1. The first-order valence-electron chi connectivity index (χ1n) is 13.3. The molecule has 10 nitrogen and oxygen atoms in total. The molecular weight excluding hydrogens is 599 g/mol. The number of aryl methyl sites for hydroxylation is 1. The molecule has 0 spiro atoms. The average Bonchev–Trinajstić information content (AvgIpc) is 3.61. The van der Waals surface area contributed by atoms with Crippen LogP contribution in [0, 0.1) is 0 Å². The minimum absolute atomic E-state index is 0. The van der Waals surface area contributed by atoms with Crippen molar-refractivity contribution in [3.05, 3.63) is 93.8 Å². The molecule has 0 saturated carbocycles. The zero-order valence-electron chi connectivity index (χ0n) is 23.1. The van der Waals surface area contributed by atoms with Gasteiger partial charge < -0.3 is 10.8 Å². The van der Waals surface area contributed by atoms with E-state index in [1.165, 1.54) is 10.9 Å². The van der Waals surface area contributed by atoms with Crippen molar-refractivity contribution in [3.8, 4) is 16.9 Å². The molecule has 6 rings (SSSR count). The summed E-state index contributed by atoms with van der Waals surface area (Å²) in [5, 5.41) is 20.8. The molecule has 5 aromatic rings. The fraction of sp³-hybridized carbons (Fsp3) is 0.310. The largest absolute Gasteiger partial charge is 0.388 e. The van der Waals surface area contributed by atoms with Gasteiger partial charge in [0, 0.05) is 56.2 Å². The van der Waals surface area contributed by atoms with Gasteiger partial charge in [-0.05, 0) is 42.2 Å². The van der Waals surface area contributed by atoms with Crippen molar-refractivity contribution in [1.29, 1.82) is 0 Å². The Labute approximate surface area is 260 Å². The lowest BCUT2D eigenvalue weighted by atomic mass is 9.91. The Hall–Kier alpha value is -3.25. The molecule has 1 saturated heterocycles. The molecule has 1 aliphatic heterocycles. The maximum absolute atomic E-state index is 13.4. The normalized spacial score (nSPS) is 14.9. The second kappa shape index (κ2) is 12.9. The maximum atomic E-state index is 13.4. The second-order valence-corrected chi connectivity index (χ2v) is 10.9. The molecular formula is C29H33Cl3N8O2. The predicted molar refractivity (Wildman–Crippen MR) is 169 cm³/mol. The Bertz CT molecular complexity index is 1710. The zero-order chi connectivity index (χ0) is 27.9. The fourth-order valence-electron chi connectivity index (χ4n) is 5.40. The van der Waals surface area contributed by atoms with Crippen LogP contribution in [-0.4, -0.2) is 57.8 Å². The molecule has 0 radical (unpaired) electrons. The van der Waals surface area contributed by atoms with Crippen molar-refractivity contribution in [3.63, 3.8) is 0 Å². The number of halogens is 3. The molecule has 13 heteroatoms. The first-order valence-corrected chi connectivity index (χ1v) is 13.7. The summed E-state index contributed by atoms with van der Waals surface area (Å²) in [6.45, 7) is 2.68. The highest BCUT2D eigenvalue weighted by Crippen LogP contribution is 2.29. The minimum Gasteiger partial charge on any atom is -0.388 e. The highest BCUT2D eigenvalue weighted by molar-refractivity contribution is 6.31. The third-order valence-electron chi connectivity index (χ3n) is 7.73. The molecule has 42 heavy (non-hydrogen) atoms. The van der Waals surface area contributed by atoms with E-state index in [0.717, 1.165) is 28.1 Å². The number of benzene rings is 2. The Kier molecular flexibility index (Phi) is 9.77. The predicted octanol–water partition coefficient (Wildman–Crippen LogP) is 3.97. The number of nitrogens with two attached hydrogens (primary N) is 1. The van der Waals surface area contributed by atoms with E-state index < -0.39 is 5.60 Å². The number of hydrogen-bond acceptors (Lipinski definition) is 7. The van der Waals surface area contributed by atoms with Gasteiger partial charge in [-0.1, -0.05) is 41.9 Å². The van der Waals surface area contributed by atoms with E-state index in [2.05, 4.69) is 20.1 Å². The van der Waals surface area contributed by atoms with Gasteiger partial charge in [0.25, 0.3) is 5.56 Å². The Morgan fingerprint density at radius 3 is 2.45 bits per heavy atom. The highest BCUT2D eigenvalue weighted by atomic mass is 35.5. The number of nitrogens with zero attached hydrogens (tertiary/aromatic N) is 7. The number of fused-ring (bicyclic) bond motifs is 1. The van der Waals surface area contributed by atoms with Gasteiger partial charge in [-0.25, -0.2) is 9.67 Å². The second-order valence-electron chi connectivity index (χ2n) is 10.5. The molecule has 1 aliphatic rings. The lowest BCUT2D eigenvalue weighted by Crippen LogP contribution is -2.47. The molecule has 0 atom stereocenters. The van der Waals surface area contributed by atoms with E-state index in [9.17, 15) is 9.90 Å². The van der Waals surface area contributed by atoms with Crippen LogP contribution in [-0.2, 0) is 26.7 Å². The standard InChI is InChI=1S/C29H31ClN8O2.2ClH/c1-35-27(21-5-3-20(16-31)4-6-21)25-26(34-35)28(39)37(19-32-25)18-29(40)9-13-36(14-10-29)17-22-7-8-23(15-24(22)30)38-12-2-11-33-38;;/h2-8,11-12,15,19,40H,9-10,13-14,16-18,31H2,1H3;2*1H. The van der Waals surface area contributed by atoms with Crippen LogP contribution in [0.25, 0.3) is 28.0 Å². The molecule has 3 aromatic heterocycles. The van der Waals surface area contributed by atoms with Crippen LogP contribution in [0.5, 0.6) is 0 Å². The summed E-state index contributed by atoms with van der Waals surface area (Å²) in [5.41, 5.74) is 9.92. The van der Waals surface area contributed by atoms with Crippen LogP contribution in [0.15, 0.2) is 72.0 Å². The van der Waals surface area contributed by atoms with Gasteiger partial charge in [0.1, 0.15) is 5.52 Å². The van der Waals surface area contributed by atoms with Crippen molar-refractivity contribution in [1.82, 2.24) is 34.0 Å². The molecule has 0 aliphatic carbocycles. The number of aromatic nitrogens is 6. The van der Waals surface area contributed by atoms with E-state index in [0.29, 0.717) is 49.6 Å². The Morgan fingerprint density at radius 1 is 1.07 bits per heavy atom. The van der Waals surface area contributed by atoms with Crippen LogP contribution in [0.2, 0.25) is 5.02 Å². The van der Waals surface area contributed by atoms with Crippen LogP contribution in [0.3, 0.4) is 0 Å². The van der Waals surface area contributed by atoms with Gasteiger partial charge in [-0.2, -0.15) is 10.2 Å². The first kappa shape index (κ1) is 31.7. The molecule has 4 heterocycles. The van der Waals surface area contributed by atoms with Crippen molar-refractivity contribution in [2.24, 2.45) is 12.8 Å². The number of likely N-dealkylation sites (tertiary alicyclic amines) is 1. The van der Waals surface area contributed by atoms with Gasteiger partial charge in [-0.3, -0.25) is 18.9 Å². The molecule has 0 amide bonds. The quantitative estimate of drug-likeness (QED) is 0.279. The van der Waals surface area contributed by atoms with Crippen LogP contribution < -0.4 is 11.3 Å². The number of rotatable bonds is 7. The zero-order valence-corrected chi connectivity index (χ0v) is 25.4. The van der Waals surface area contributed by atoms with Gasteiger partial charge in [0.05, 0.1) is 29.9 Å². The van der Waals surface area contributed by atoms with Gasteiger partial charge in [0.2, 0.25) is 0 Å². The van der Waals surface area contributed by atoms with E-state index in [4.69, 9.17) is 17.3 Å². The number of piperidine rings is 1. The maximum Gasteiger partial charge on any atom is 0.281 e. The monoisotopic (exact) mass is 630 g/mol. The van der Waals surface area contributed by atoms with E-state index in [1.54, 1.807) is 22.6 Å². The SMILES string of the molecule is Cl.Cl.Cn1nc2c(=O)n(CC3(O)CCN(Cc4ccc(-n5cccn5)cc4Cl)CC3)cnc2c1-c1ccc(CN)cc1. The van der Waals surface area contributed by atoms with E-state index >= 15 is 0 Å². The third-order valence-corrected chi connectivity index (χ3v) is 8.08. The summed E-state index contributed by atoms with van der Waals surface area (Å²) in [6.07, 6.45) is 6.19. The van der Waals surface area contributed by atoms with Crippen molar-refractivity contribution in [2.75, 3.05) is 13.1 Å². The molecule has 1 fully saturated rings. The lowest BCUT2D eigenvalue weighted by Gasteiger charge is -2.38. The summed E-state index contributed by atoms with van der Waals surface area (Å²) in [5.74, 6) is 0. The van der Waals surface area contributed by atoms with E-state index in [1.807, 2.05) is 54.7 Å². The molecule has 222 valence electrons. The van der Waals surface area contributed by atoms with Gasteiger partial charge >= 0.3 is 0 Å². The molecule has 0 bridgehead atoms. The Morgan fingerprint density at radius 2 is 1.81 bits per heavy atom. The fourth-order valence-corrected chi connectivity index (χ4v) is 5.64. The smallest absolute Gasteiger partial charge is 0.281 e. The summed E-state index contributed by atoms with van der Waals surface area (Å²) in [6, 6.07) is 15.7. The molecule has 3 N–H and O–H groups in total. The van der Waals surface area contributed by atoms with Crippen LogP contribution in [0.4, 0.5) is 0 Å². The minimum atomic E-state index is -1.01.